The Kier molecular flexibility index (Phi) is 8.45. The molecule has 0 aliphatic carbocycles. The lowest BCUT2D eigenvalue weighted by Crippen LogP contribution is -2.61. The van der Waals surface area contributed by atoms with Crippen LogP contribution in [0.5, 0.6) is 0 Å². The van der Waals surface area contributed by atoms with Gasteiger partial charge < -0.3 is 19.1 Å². The van der Waals surface area contributed by atoms with Gasteiger partial charge in [-0.3, -0.25) is 24.6 Å². The molecule has 2 aromatic carbocycles. The highest BCUT2D eigenvalue weighted by molar-refractivity contribution is 7.13. The van der Waals surface area contributed by atoms with Gasteiger partial charge in [-0.2, -0.15) is 0 Å². The number of ether oxygens (including phenoxy) is 1. The summed E-state index contributed by atoms with van der Waals surface area (Å²) in [5.74, 6) is -1.46. The lowest BCUT2D eigenvalue weighted by molar-refractivity contribution is -0.160. The van der Waals surface area contributed by atoms with E-state index in [1.165, 1.54) is 22.3 Å². The zero-order valence-electron chi connectivity index (χ0n) is 29.2. The zero-order chi connectivity index (χ0) is 35.5. The van der Waals surface area contributed by atoms with Gasteiger partial charge in [0.2, 0.25) is 0 Å². The number of carbonyl (C=O) groups excluding carboxylic acids is 3. The third-order valence-corrected chi connectivity index (χ3v) is 11.3. The molecule has 2 saturated heterocycles. The normalized spacial score (nSPS) is 18.8. The van der Waals surface area contributed by atoms with Gasteiger partial charge in [0.15, 0.2) is 11.2 Å². The molecule has 1 N–H and O–H groups in total. The minimum atomic E-state index is -1.03. The minimum Gasteiger partial charge on any atom is -0.459 e. The highest BCUT2D eigenvalue weighted by Crippen LogP contribution is 2.42. The molecule has 2 amide bonds. The lowest BCUT2D eigenvalue weighted by Gasteiger charge is -2.54. The van der Waals surface area contributed by atoms with Crippen molar-refractivity contribution in [2.45, 2.75) is 71.2 Å². The SMILES string of the molecule is CC(C)(C)OC(=O)CN1CC2(CCN(c3ccc(-c4cc(F)c5c(c4)C(=O)N(C(C(=O)Nc4nccs4)c4ncn6c4CCC6)C5)cc3)CC2)C1.[HH]. The number of nitrogens with one attached hydrogen (secondary N) is 1. The molecule has 6 heterocycles. The second-order valence-corrected chi connectivity index (χ2v) is 16.2. The van der Waals surface area contributed by atoms with E-state index in [4.69, 9.17) is 4.74 Å². The number of amides is 2. The van der Waals surface area contributed by atoms with Gasteiger partial charge in [-0.25, -0.2) is 14.4 Å². The third kappa shape index (κ3) is 6.53. The summed E-state index contributed by atoms with van der Waals surface area (Å²) in [5.41, 5.74) is 4.29. The number of carbonyl (C=O) groups is 3. The van der Waals surface area contributed by atoms with E-state index in [1.807, 2.05) is 37.5 Å². The van der Waals surface area contributed by atoms with Crippen LogP contribution in [0.4, 0.5) is 15.2 Å². The van der Waals surface area contributed by atoms with Crippen molar-refractivity contribution in [2.75, 3.05) is 42.9 Å². The van der Waals surface area contributed by atoms with E-state index in [9.17, 15) is 14.4 Å². The first kappa shape index (κ1) is 33.5. The standard InChI is InChI=1S/C38H42FN7O4S.H2/c1-37(2,3)50-31(47)20-43-21-38(22-43)10-14-44(15-11-38)26-8-6-24(7-9-26)25-17-27-28(29(39)18-25)19-46(35(27)49)33(34(48)42-36-40-12-16-51-36)32-30-5-4-13-45(30)23-41-32;/h6-9,12,16-18,23,33H,4-5,10-11,13-15,19-22H2,1-3H3,(H,40,42,48);1H. The molecule has 4 aromatic rings. The molecule has 4 aliphatic rings. The van der Waals surface area contributed by atoms with Gasteiger partial charge in [0.25, 0.3) is 11.8 Å². The van der Waals surface area contributed by atoms with Gasteiger partial charge in [0, 0.05) is 68.2 Å². The van der Waals surface area contributed by atoms with E-state index in [1.54, 1.807) is 24.0 Å². The van der Waals surface area contributed by atoms with Crippen molar-refractivity contribution in [3.63, 3.8) is 0 Å². The number of aryl methyl sites for hydroxylation is 1. The second kappa shape index (κ2) is 12.9. The number of aromatic nitrogens is 3. The maximum absolute atomic E-state index is 15.8. The van der Waals surface area contributed by atoms with Crippen molar-refractivity contribution in [3.8, 4) is 11.1 Å². The molecule has 0 radical (unpaired) electrons. The van der Waals surface area contributed by atoms with Crippen molar-refractivity contribution in [1.82, 2.24) is 24.3 Å². The monoisotopic (exact) mass is 713 g/mol. The lowest BCUT2D eigenvalue weighted by atomic mass is 9.72. The van der Waals surface area contributed by atoms with Crippen LogP contribution in [0.25, 0.3) is 11.1 Å². The molecule has 268 valence electrons. The number of anilines is 2. The van der Waals surface area contributed by atoms with Crippen LogP contribution in [-0.4, -0.2) is 80.4 Å². The first-order chi connectivity index (χ1) is 24.5. The molecule has 1 unspecified atom stereocenters. The van der Waals surface area contributed by atoms with Crippen LogP contribution in [0.15, 0.2) is 54.3 Å². The Morgan fingerprint density at radius 2 is 1.84 bits per heavy atom. The van der Waals surface area contributed by atoms with Gasteiger partial charge in [-0.1, -0.05) is 12.1 Å². The number of fused-ring (bicyclic) bond motifs is 2. The van der Waals surface area contributed by atoms with E-state index in [-0.39, 0.29) is 30.5 Å². The summed E-state index contributed by atoms with van der Waals surface area (Å²) in [6.07, 6.45) is 7.12. The van der Waals surface area contributed by atoms with Crippen molar-refractivity contribution in [2.24, 2.45) is 5.41 Å². The Morgan fingerprint density at radius 3 is 2.55 bits per heavy atom. The summed E-state index contributed by atoms with van der Waals surface area (Å²) >= 11 is 1.29. The van der Waals surface area contributed by atoms with Gasteiger partial charge in [0.05, 0.1) is 25.1 Å². The number of halogens is 1. The van der Waals surface area contributed by atoms with Gasteiger partial charge in [0.1, 0.15) is 11.4 Å². The van der Waals surface area contributed by atoms with Gasteiger partial charge in [-0.05, 0) is 87.3 Å². The number of nitrogens with zero attached hydrogens (tertiary/aromatic N) is 6. The van der Waals surface area contributed by atoms with Crippen LogP contribution in [0, 0.1) is 11.2 Å². The van der Waals surface area contributed by atoms with E-state index in [2.05, 4.69) is 37.2 Å². The molecule has 11 nitrogen and oxygen atoms in total. The second-order valence-electron chi connectivity index (χ2n) is 15.3. The summed E-state index contributed by atoms with van der Waals surface area (Å²) in [6, 6.07) is 10.3. The van der Waals surface area contributed by atoms with Crippen LogP contribution >= 0.6 is 11.3 Å². The Balaban J connectivity index is 0.00000420. The highest BCUT2D eigenvalue weighted by Gasteiger charge is 2.46. The number of imidazole rings is 1. The number of rotatable bonds is 8. The average Bonchev–Trinajstić information content (AvgIpc) is 3.88. The van der Waals surface area contributed by atoms with Crippen LogP contribution in [0.2, 0.25) is 0 Å². The van der Waals surface area contributed by atoms with Crippen LogP contribution < -0.4 is 10.2 Å². The molecule has 8 rings (SSSR count). The molecule has 1 spiro atoms. The molecule has 0 saturated carbocycles. The third-order valence-electron chi connectivity index (χ3n) is 10.6. The number of esters is 1. The maximum atomic E-state index is 15.8. The number of hydrogen-bond donors (Lipinski definition) is 1. The number of benzene rings is 2. The Hall–Kier alpha value is -4.62. The maximum Gasteiger partial charge on any atom is 0.320 e. The van der Waals surface area contributed by atoms with Crippen molar-refractivity contribution in [3.05, 3.63) is 82.6 Å². The smallest absolute Gasteiger partial charge is 0.320 e. The average molecular weight is 714 g/mol. The van der Waals surface area contributed by atoms with Crippen LogP contribution in [0.1, 0.15) is 74.8 Å². The molecule has 2 aromatic heterocycles. The zero-order valence-corrected chi connectivity index (χ0v) is 30.0. The molecule has 51 heavy (non-hydrogen) atoms. The first-order valence-electron chi connectivity index (χ1n) is 17.6. The van der Waals surface area contributed by atoms with E-state index in [0.29, 0.717) is 22.9 Å². The molecular weight excluding hydrogens is 670 g/mol. The Labute approximate surface area is 301 Å². The van der Waals surface area contributed by atoms with Gasteiger partial charge >= 0.3 is 5.97 Å². The van der Waals surface area contributed by atoms with Crippen molar-refractivity contribution < 1.29 is 24.9 Å². The summed E-state index contributed by atoms with van der Waals surface area (Å²) in [6.45, 7) is 10.5. The number of thiazole rings is 1. The number of hydrogen-bond acceptors (Lipinski definition) is 9. The summed E-state index contributed by atoms with van der Waals surface area (Å²) < 4.78 is 23.3. The quantitative estimate of drug-likeness (QED) is 0.224. The fourth-order valence-corrected chi connectivity index (χ4v) is 8.69. The molecule has 4 aliphatic heterocycles. The minimum absolute atomic E-state index is 0. The predicted octanol–water partition coefficient (Wildman–Crippen LogP) is 5.92. The predicted molar refractivity (Wildman–Crippen MR) is 194 cm³/mol. The fourth-order valence-electron chi connectivity index (χ4n) is 8.16. The van der Waals surface area contributed by atoms with Crippen LogP contribution in [0.3, 0.4) is 0 Å². The molecular formula is C38H44FN7O4S. The van der Waals surface area contributed by atoms with Gasteiger partial charge in [-0.15, -0.1) is 11.3 Å². The molecule has 13 heteroatoms. The summed E-state index contributed by atoms with van der Waals surface area (Å²) in [4.78, 5) is 54.8. The van der Waals surface area contributed by atoms with Crippen molar-refractivity contribution in [1.29, 1.82) is 0 Å². The number of piperidine rings is 1. The van der Waals surface area contributed by atoms with E-state index >= 15 is 4.39 Å². The molecule has 2 fully saturated rings. The molecule has 1 atom stereocenters. The van der Waals surface area contributed by atoms with E-state index in [0.717, 1.165) is 75.4 Å². The first-order valence-corrected chi connectivity index (χ1v) is 18.5. The largest absolute Gasteiger partial charge is 0.459 e. The summed E-state index contributed by atoms with van der Waals surface area (Å²) in [7, 11) is 0. The topological polar surface area (TPSA) is 113 Å². The summed E-state index contributed by atoms with van der Waals surface area (Å²) in [5, 5.41) is 5.04. The Morgan fingerprint density at radius 1 is 1.08 bits per heavy atom. The van der Waals surface area contributed by atoms with Crippen LogP contribution in [-0.2, 0) is 33.8 Å². The van der Waals surface area contributed by atoms with E-state index < -0.39 is 29.3 Å². The Bertz CT molecular complexity index is 1980. The number of likely N-dealkylation sites (tertiary alicyclic amines) is 1. The molecule has 0 bridgehead atoms. The highest BCUT2D eigenvalue weighted by atomic mass is 32.1. The van der Waals surface area contributed by atoms with Crippen molar-refractivity contribution >= 4 is 39.9 Å². The fraction of sp³-hybridized carbons (Fsp3) is 0.447.